The van der Waals surface area contributed by atoms with Gasteiger partial charge in [0.05, 0.1) is 16.2 Å². The lowest BCUT2D eigenvalue weighted by molar-refractivity contribution is 0.140. The maximum absolute atomic E-state index is 12.6. The third kappa shape index (κ3) is 6.59. The molecule has 1 atom stereocenters. The van der Waals surface area contributed by atoms with E-state index in [9.17, 15) is 4.79 Å². The van der Waals surface area contributed by atoms with Gasteiger partial charge in [-0.05, 0) is 24.3 Å². The number of rotatable bonds is 4. The van der Waals surface area contributed by atoms with Crippen LogP contribution in [-0.4, -0.2) is 42.1 Å². The highest BCUT2D eigenvalue weighted by Crippen LogP contribution is 2.27. The summed E-state index contributed by atoms with van der Waals surface area (Å²) in [5.41, 5.74) is 0.696. The number of nitrogens with one attached hydrogen (secondary N) is 2. The second kappa shape index (κ2) is 11.4. The number of hydrogen-bond donors (Lipinski definition) is 2. The van der Waals surface area contributed by atoms with Crippen LogP contribution in [0.3, 0.4) is 0 Å². The van der Waals surface area contributed by atoms with E-state index in [0.717, 1.165) is 13.1 Å². The van der Waals surface area contributed by atoms with Gasteiger partial charge in [-0.3, -0.25) is 10.3 Å². The second-order valence-electron chi connectivity index (χ2n) is 5.55. The summed E-state index contributed by atoms with van der Waals surface area (Å²) in [5.74, 6) is 0.541. The van der Waals surface area contributed by atoms with Gasteiger partial charge in [0.2, 0.25) is 0 Å². The van der Waals surface area contributed by atoms with Crippen LogP contribution in [-0.2, 0) is 0 Å². The standard InChI is InChI=1S/C17H18Cl2N4O2.2ClH/c18-14-4-3-12(10-15(14)19)16(25-13-2-1-5-21-11-13)22-17(24)23-8-6-20-7-9-23;;/h1-5,10-11,16,20H,6-9H2,(H,22,24);2*1H/t16-;;/m1../s1. The Hall–Kier alpha value is -1.44. The number of aromatic nitrogens is 1. The Bertz CT molecular complexity index is 730. The van der Waals surface area contributed by atoms with E-state index in [1.165, 1.54) is 0 Å². The quantitative estimate of drug-likeness (QED) is 0.688. The topological polar surface area (TPSA) is 66.5 Å². The van der Waals surface area contributed by atoms with Crippen molar-refractivity contribution in [2.24, 2.45) is 0 Å². The molecule has 3 rings (SSSR count). The summed E-state index contributed by atoms with van der Waals surface area (Å²) in [6.45, 7) is 2.84. The van der Waals surface area contributed by atoms with Gasteiger partial charge in [-0.15, -0.1) is 24.8 Å². The van der Waals surface area contributed by atoms with Crippen LogP contribution in [0.25, 0.3) is 0 Å². The number of nitrogens with zero attached hydrogens (tertiary/aromatic N) is 2. The number of carbonyl (C=O) groups excluding carboxylic acids is 1. The first-order chi connectivity index (χ1) is 12.1. The van der Waals surface area contributed by atoms with Crippen molar-refractivity contribution in [1.82, 2.24) is 20.5 Å². The number of halogens is 4. The van der Waals surface area contributed by atoms with E-state index in [-0.39, 0.29) is 30.8 Å². The molecule has 0 radical (unpaired) electrons. The summed E-state index contributed by atoms with van der Waals surface area (Å²) in [6.07, 6.45) is 2.53. The molecule has 10 heteroatoms. The zero-order valence-electron chi connectivity index (χ0n) is 14.2. The third-order valence-corrected chi connectivity index (χ3v) is 4.53. The third-order valence-electron chi connectivity index (χ3n) is 3.79. The van der Waals surface area contributed by atoms with E-state index in [1.807, 2.05) is 0 Å². The van der Waals surface area contributed by atoms with Crippen LogP contribution in [0.15, 0.2) is 42.7 Å². The summed E-state index contributed by atoms with van der Waals surface area (Å²) in [7, 11) is 0. The van der Waals surface area contributed by atoms with Crippen molar-refractivity contribution in [1.29, 1.82) is 0 Å². The highest BCUT2D eigenvalue weighted by Gasteiger charge is 2.22. The van der Waals surface area contributed by atoms with E-state index in [4.69, 9.17) is 27.9 Å². The number of amides is 2. The fourth-order valence-electron chi connectivity index (χ4n) is 2.48. The monoisotopic (exact) mass is 452 g/mol. The fraction of sp³-hybridized carbons (Fsp3) is 0.294. The zero-order valence-corrected chi connectivity index (χ0v) is 17.4. The molecule has 0 aliphatic carbocycles. The van der Waals surface area contributed by atoms with Gasteiger partial charge in [0.25, 0.3) is 0 Å². The van der Waals surface area contributed by atoms with Crippen LogP contribution in [0, 0.1) is 0 Å². The van der Waals surface area contributed by atoms with Crippen molar-refractivity contribution >= 4 is 54.0 Å². The molecule has 1 fully saturated rings. The lowest BCUT2D eigenvalue weighted by Gasteiger charge is -2.30. The molecule has 0 bridgehead atoms. The van der Waals surface area contributed by atoms with E-state index < -0.39 is 6.23 Å². The van der Waals surface area contributed by atoms with E-state index >= 15 is 0 Å². The van der Waals surface area contributed by atoms with Crippen molar-refractivity contribution in [3.63, 3.8) is 0 Å². The van der Waals surface area contributed by atoms with Crippen molar-refractivity contribution in [3.8, 4) is 5.75 Å². The predicted molar refractivity (Wildman–Crippen MR) is 112 cm³/mol. The van der Waals surface area contributed by atoms with Crippen LogP contribution in [0.2, 0.25) is 10.0 Å². The molecule has 6 nitrogen and oxygen atoms in total. The lowest BCUT2D eigenvalue weighted by atomic mass is 10.2. The van der Waals surface area contributed by atoms with Gasteiger partial charge in [0.1, 0.15) is 5.75 Å². The molecule has 27 heavy (non-hydrogen) atoms. The molecular formula is C17H20Cl4N4O2. The molecule has 2 amide bonds. The Balaban J connectivity index is 0.00000182. The normalized spacial score (nSPS) is 14.4. The number of carbonyl (C=O) groups is 1. The first-order valence-electron chi connectivity index (χ1n) is 7.91. The van der Waals surface area contributed by atoms with Crippen molar-refractivity contribution in [2.45, 2.75) is 6.23 Å². The molecule has 2 heterocycles. The molecule has 0 unspecified atom stereocenters. The number of ether oxygens (including phenoxy) is 1. The molecule has 1 aromatic heterocycles. The maximum atomic E-state index is 12.6. The minimum absolute atomic E-state index is 0. The van der Waals surface area contributed by atoms with Crippen molar-refractivity contribution in [2.75, 3.05) is 26.2 Å². The second-order valence-corrected chi connectivity index (χ2v) is 6.36. The van der Waals surface area contributed by atoms with Gasteiger partial charge in [-0.1, -0.05) is 29.3 Å². The van der Waals surface area contributed by atoms with Crippen molar-refractivity contribution in [3.05, 3.63) is 58.3 Å². The minimum atomic E-state index is -0.707. The maximum Gasteiger partial charge on any atom is 0.320 e. The summed E-state index contributed by atoms with van der Waals surface area (Å²) >= 11 is 12.1. The van der Waals surface area contributed by atoms with Gasteiger partial charge in [-0.25, -0.2) is 4.79 Å². The summed E-state index contributed by atoms with van der Waals surface area (Å²) < 4.78 is 5.92. The Kier molecular flexibility index (Phi) is 9.98. The predicted octanol–water partition coefficient (Wildman–Crippen LogP) is 3.92. The summed E-state index contributed by atoms with van der Waals surface area (Å²) in [6, 6.07) is 8.47. The first kappa shape index (κ1) is 23.6. The van der Waals surface area contributed by atoms with Crippen LogP contribution in [0.4, 0.5) is 4.79 Å². The average molecular weight is 454 g/mol. The molecule has 0 saturated carbocycles. The number of pyridine rings is 1. The number of piperazine rings is 1. The zero-order chi connectivity index (χ0) is 17.6. The Morgan fingerprint density at radius 2 is 1.93 bits per heavy atom. The van der Waals surface area contributed by atoms with E-state index in [1.54, 1.807) is 47.6 Å². The van der Waals surface area contributed by atoms with Gasteiger partial charge >= 0.3 is 6.03 Å². The average Bonchev–Trinajstić information content (AvgIpc) is 2.65. The summed E-state index contributed by atoms with van der Waals surface area (Å²) in [5, 5.41) is 6.96. The van der Waals surface area contributed by atoms with Gasteiger partial charge < -0.3 is 15.0 Å². The molecule has 1 aliphatic rings. The Labute approximate surface area is 180 Å². The smallest absolute Gasteiger partial charge is 0.320 e. The molecule has 148 valence electrons. The number of hydrogen-bond acceptors (Lipinski definition) is 4. The summed E-state index contributed by atoms with van der Waals surface area (Å²) in [4.78, 5) is 18.3. The van der Waals surface area contributed by atoms with Gasteiger partial charge in [0.15, 0.2) is 6.23 Å². The molecule has 1 aromatic carbocycles. The van der Waals surface area contributed by atoms with Gasteiger partial charge in [-0.2, -0.15) is 0 Å². The van der Waals surface area contributed by atoms with Crippen molar-refractivity contribution < 1.29 is 9.53 Å². The molecule has 2 aromatic rings. The molecular weight excluding hydrogens is 434 g/mol. The van der Waals surface area contributed by atoms with Crippen LogP contribution in [0.1, 0.15) is 11.8 Å². The Morgan fingerprint density at radius 3 is 2.56 bits per heavy atom. The molecule has 1 aliphatic heterocycles. The van der Waals surface area contributed by atoms with Crippen LogP contribution >= 0.6 is 48.0 Å². The highest BCUT2D eigenvalue weighted by atomic mass is 35.5. The largest absolute Gasteiger partial charge is 0.465 e. The van der Waals surface area contributed by atoms with Gasteiger partial charge in [0, 0.05) is 37.9 Å². The van der Waals surface area contributed by atoms with E-state index in [2.05, 4.69) is 15.6 Å². The molecule has 2 N–H and O–H groups in total. The van der Waals surface area contributed by atoms with E-state index in [0.29, 0.717) is 34.4 Å². The number of urea groups is 1. The first-order valence-corrected chi connectivity index (χ1v) is 8.67. The fourth-order valence-corrected chi connectivity index (χ4v) is 2.79. The lowest BCUT2D eigenvalue weighted by Crippen LogP contribution is -2.51. The Morgan fingerprint density at radius 1 is 1.19 bits per heavy atom. The highest BCUT2D eigenvalue weighted by molar-refractivity contribution is 6.42. The van der Waals surface area contributed by atoms with Crippen LogP contribution < -0.4 is 15.4 Å². The van der Waals surface area contributed by atoms with Crippen LogP contribution in [0.5, 0.6) is 5.75 Å². The molecule has 1 saturated heterocycles. The SMILES string of the molecule is Cl.Cl.O=C(N[C@H](Oc1cccnc1)c1ccc(Cl)c(Cl)c1)N1CCNCC1. The number of benzene rings is 1. The minimum Gasteiger partial charge on any atom is -0.465 e. The molecule has 0 spiro atoms.